The van der Waals surface area contributed by atoms with Gasteiger partial charge in [0.2, 0.25) is 5.91 Å². The number of aromatic nitrogens is 4. The maximum atomic E-state index is 12.9. The van der Waals surface area contributed by atoms with Crippen LogP contribution in [0, 0.1) is 6.92 Å². The molecule has 0 fully saturated rings. The van der Waals surface area contributed by atoms with Crippen LogP contribution in [0.3, 0.4) is 0 Å². The van der Waals surface area contributed by atoms with E-state index in [4.69, 9.17) is 11.6 Å². The molecule has 2 heterocycles. The first-order valence-electron chi connectivity index (χ1n) is 6.36. The fourth-order valence-corrected chi connectivity index (χ4v) is 2.12. The minimum atomic E-state index is -4.66. The summed E-state index contributed by atoms with van der Waals surface area (Å²) in [6.45, 7) is 3.11. The Labute approximate surface area is 128 Å². The van der Waals surface area contributed by atoms with E-state index in [-0.39, 0.29) is 11.4 Å². The van der Waals surface area contributed by atoms with Gasteiger partial charge in [0.05, 0.1) is 22.6 Å². The number of anilines is 1. The number of hydrogen-bond donors (Lipinski definition) is 2. The molecule has 1 unspecified atom stereocenters. The van der Waals surface area contributed by atoms with E-state index in [1.165, 1.54) is 24.0 Å². The molecule has 0 aliphatic rings. The molecular weight excluding hydrogens is 323 g/mol. The number of rotatable bonds is 4. The van der Waals surface area contributed by atoms with Gasteiger partial charge >= 0.3 is 6.18 Å². The zero-order valence-electron chi connectivity index (χ0n) is 11.7. The second-order valence-corrected chi connectivity index (χ2v) is 5.06. The SMILES string of the molecule is CCC(C(=O)Nc1c(C(F)(F)F)n[nH]c1C)n1cc(Cl)cn1. The number of aromatic amines is 1. The molecule has 2 aromatic rings. The van der Waals surface area contributed by atoms with Crippen LogP contribution >= 0.6 is 11.6 Å². The lowest BCUT2D eigenvalue weighted by molar-refractivity contribution is -0.140. The van der Waals surface area contributed by atoms with Crippen molar-refractivity contribution in [2.75, 3.05) is 5.32 Å². The van der Waals surface area contributed by atoms with Crippen LogP contribution in [0.4, 0.5) is 18.9 Å². The van der Waals surface area contributed by atoms with Gasteiger partial charge in [0, 0.05) is 6.20 Å². The predicted molar refractivity (Wildman–Crippen MR) is 73.5 cm³/mol. The van der Waals surface area contributed by atoms with Gasteiger partial charge in [-0.1, -0.05) is 18.5 Å². The molecule has 22 heavy (non-hydrogen) atoms. The van der Waals surface area contributed by atoms with Crippen LogP contribution in [0.25, 0.3) is 0 Å². The molecule has 1 amide bonds. The summed E-state index contributed by atoms with van der Waals surface area (Å²) >= 11 is 5.74. The summed E-state index contributed by atoms with van der Waals surface area (Å²) in [5, 5.41) is 11.9. The van der Waals surface area contributed by atoms with Gasteiger partial charge < -0.3 is 5.32 Å². The third kappa shape index (κ3) is 3.24. The number of H-pyrrole nitrogens is 1. The van der Waals surface area contributed by atoms with E-state index in [1.54, 1.807) is 6.92 Å². The van der Waals surface area contributed by atoms with Crippen molar-refractivity contribution in [3.8, 4) is 0 Å². The molecule has 0 saturated carbocycles. The molecule has 0 saturated heterocycles. The lowest BCUT2D eigenvalue weighted by atomic mass is 10.2. The molecule has 6 nitrogen and oxygen atoms in total. The number of aryl methyl sites for hydroxylation is 1. The highest BCUT2D eigenvalue weighted by Gasteiger charge is 2.38. The Morgan fingerprint density at radius 1 is 1.55 bits per heavy atom. The van der Waals surface area contributed by atoms with Crippen LogP contribution in [0.2, 0.25) is 5.02 Å². The third-order valence-electron chi connectivity index (χ3n) is 3.04. The minimum absolute atomic E-state index is 0.119. The summed E-state index contributed by atoms with van der Waals surface area (Å²) in [6.07, 6.45) is -1.55. The topological polar surface area (TPSA) is 75.6 Å². The molecule has 10 heteroatoms. The van der Waals surface area contributed by atoms with E-state index in [0.29, 0.717) is 11.4 Å². The first-order chi connectivity index (χ1) is 10.2. The lowest BCUT2D eigenvalue weighted by Gasteiger charge is -2.16. The fraction of sp³-hybridized carbons (Fsp3) is 0.417. The number of amides is 1. The number of nitrogens with zero attached hydrogens (tertiary/aromatic N) is 3. The van der Waals surface area contributed by atoms with Gasteiger partial charge in [-0.25, -0.2) is 0 Å². The highest BCUT2D eigenvalue weighted by Crippen LogP contribution is 2.35. The van der Waals surface area contributed by atoms with Crippen molar-refractivity contribution < 1.29 is 18.0 Å². The molecule has 1 atom stereocenters. The second kappa shape index (κ2) is 5.99. The number of halogens is 4. The molecule has 0 spiro atoms. The van der Waals surface area contributed by atoms with Crippen LogP contribution in [-0.4, -0.2) is 25.9 Å². The third-order valence-corrected chi connectivity index (χ3v) is 3.24. The van der Waals surface area contributed by atoms with E-state index >= 15 is 0 Å². The molecule has 2 N–H and O–H groups in total. The number of carbonyl (C=O) groups excluding carboxylic acids is 1. The van der Waals surface area contributed by atoms with Crippen molar-refractivity contribution in [3.05, 3.63) is 28.8 Å². The molecule has 0 aromatic carbocycles. The average molecular weight is 336 g/mol. The Morgan fingerprint density at radius 3 is 2.73 bits per heavy atom. The summed E-state index contributed by atoms with van der Waals surface area (Å²) in [4.78, 5) is 12.3. The van der Waals surface area contributed by atoms with Crippen molar-refractivity contribution in [1.29, 1.82) is 0 Å². The normalized spacial score (nSPS) is 13.2. The van der Waals surface area contributed by atoms with Crippen LogP contribution in [0.5, 0.6) is 0 Å². The summed E-state index contributed by atoms with van der Waals surface area (Å²) < 4.78 is 39.9. The summed E-state index contributed by atoms with van der Waals surface area (Å²) in [7, 11) is 0. The molecule has 0 bridgehead atoms. The van der Waals surface area contributed by atoms with Gasteiger partial charge in [-0.3, -0.25) is 14.6 Å². The smallest absolute Gasteiger partial charge is 0.321 e. The maximum absolute atomic E-state index is 12.9. The highest BCUT2D eigenvalue weighted by atomic mass is 35.5. The predicted octanol–water partition coefficient (Wildman–Crippen LogP) is 3.18. The Bertz CT molecular complexity index is 679. The maximum Gasteiger partial charge on any atom is 0.437 e. The van der Waals surface area contributed by atoms with Gasteiger partial charge in [0.1, 0.15) is 6.04 Å². The fourth-order valence-electron chi connectivity index (χ4n) is 1.97. The summed E-state index contributed by atoms with van der Waals surface area (Å²) in [5.74, 6) is -0.628. The zero-order chi connectivity index (χ0) is 16.5. The highest BCUT2D eigenvalue weighted by molar-refractivity contribution is 6.30. The van der Waals surface area contributed by atoms with Crippen LogP contribution in [-0.2, 0) is 11.0 Å². The Hall–Kier alpha value is -2.03. The minimum Gasteiger partial charge on any atom is -0.321 e. The molecule has 2 rings (SSSR count). The van der Waals surface area contributed by atoms with Gasteiger partial charge in [0.25, 0.3) is 0 Å². The monoisotopic (exact) mass is 335 g/mol. The standard InChI is InChI=1S/C12H13ClF3N5O/c1-3-8(21-5-7(13)4-17-21)11(22)18-9-6(2)19-20-10(9)12(14,15)16/h4-5,8H,3H2,1-2H3,(H,18,22)(H,19,20). The van der Waals surface area contributed by atoms with Crippen molar-refractivity contribution in [2.24, 2.45) is 0 Å². The number of hydrogen-bond acceptors (Lipinski definition) is 3. The largest absolute Gasteiger partial charge is 0.437 e. The number of nitrogens with one attached hydrogen (secondary N) is 2. The average Bonchev–Trinajstić information content (AvgIpc) is 2.98. The summed E-state index contributed by atoms with van der Waals surface area (Å²) in [5.41, 5.74) is -1.42. The molecule has 0 aliphatic carbocycles. The molecule has 0 aliphatic heterocycles. The Balaban J connectivity index is 2.27. The number of alkyl halides is 3. The van der Waals surface area contributed by atoms with Gasteiger partial charge in [-0.15, -0.1) is 0 Å². The molecule has 120 valence electrons. The van der Waals surface area contributed by atoms with Crippen molar-refractivity contribution in [2.45, 2.75) is 32.5 Å². The van der Waals surface area contributed by atoms with Gasteiger partial charge in [0.15, 0.2) is 5.69 Å². The van der Waals surface area contributed by atoms with E-state index in [2.05, 4.69) is 20.6 Å². The van der Waals surface area contributed by atoms with Crippen molar-refractivity contribution >= 4 is 23.2 Å². The van der Waals surface area contributed by atoms with Crippen LogP contribution < -0.4 is 5.32 Å². The van der Waals surface area contributed by atoms with E-state index < -0.39 is 23.8 Å². The van der Waals surface area contributed by atoms with E-state index in [0.717, 1.165) is 0 Å². The van der Waals surface area contributed by atoms with Gasteiger partial charge in [-0.05, 0) is 13.3 Å². The van der Waals surface area contributed by atoms with Gasteiger partial charge in [-0.2, -0.15) is 23.4 Å². The molecule has 0 radical (unpaired) electrons. The molecule has 2 aromatic heterocycles. The van der Waals surface area contributed by atoms with Crippen LogP contribution in [0.15, 0.2) is 12.4 Å². The Morgan fingerprint density at radius 2 is 2.23 bits per heavy atom. The van der Waals surface area contributed by atoms with E-state index in [1.807, 2.05) is 0 Å². The number of carbonyl (C=O) groups is 1. The lowest BCUT2D eigenvalue weighted by Crippen LogP contribution is -2.27. The van der Waals surface area contributed by atoms with E-state index in [9.17, 15) is 18.0 Å². The zero-order valence-corrected chi connectivity index (χ0v) is 12.5. The van der Waals surface area contributed by atoms with Crippen molar-refractivity contribution in [3.63, 3.8) is 0 Å². The quantitative estimate of drug-likeness (QED) is 0.901. The molecular formula is C12H13ClF3N5O. The second-order valence-electron chi connectivity index (χ2n) is 4.62. The summed E-state index contributed by atoms with van der Waals surface area (Å²) in [6, 6.07) is -0.775. The first-order valence-corrected chi connectivity index (χ1v) is 6.74. The Kier molecular flexibility index (Phi) is 4.45. The van der Waals surface area contributed by atoms with Crippen molar-refractivity contribution in [1.82, 2.24) is 20.0 Å². The first kappa shape index (κ1) is 16.3. The van der Waals surface area contributed by atoms with Crippen LogP contribution in [0.1, 0.15) is 30.8 Å².